The van der Waals surface area contributed by atoms with E-state index in [1.807, 2.05) is 18.2 Å². The number of benzene rings is 11. The van der Waals surface area contributed by atoms with Gasteiger partial charge >= 0.3 is 37.7 Å². The van der Waals surface area contributed by atoms with Crippen molar-refractivity contribution in [1.29, 1.82) is 0 Å². The summed E-state index contributed by atoms with van der Waals surface area (Å²) in [5.74, 6) is 0.207. The van der Waals surface area contributed by atoms with Crippen LogP contribution in [-0.4, -0.2) is 4.98 Å². The molecule has 0 amide bonds. The molecule has 4 heteroatoms. The number of aromatic nitrogens is 1. The molecule has 318 valence electrons. The molecule has 69 heavy (non-hydrogen) atoms. The zero-order chi connectivity index (χ0) is 44.0. The fraction of sp³-hybridized carbons (Fsp3) is 0.0154. The summed E-state index contributed by atoms with van der Waals surface area (Å²) in [5.41, 5.74) is 14.6. The van der Waals surface area contributed by atoms with Gasteiger partial charge in [0.25, 0.3) is 0 Å². The molecule has 0 spiro atoms. The Hall–Kier alpha value is -7.40. The smallest absolute Gasteiger partial charge is 0.871 e. The molecule has 0 fully saturated rings. The van der Waals surface area contributed by atoms with Crippen molar-refractivity contribution in [2.75, 3.05) is 0 Å². The molecule has 12 aromatic rings. The minimum atomic E-state index is -0.0110. The number of para-hydroxylation sites is 1. The quantitative estimate of drug-likeness (QED) is 0.0981. The molecular weight excluding hydrogens is 825 g/mol. The molecule has 0 bridgehead atoms. The maximum Gasteiger partial charge on any atom is 1.00 e. The number of pyridine rings is 1. The number of hydrogen-bond acceptors (Lipinski definition) is 2. The van der Waals surface area contributed by atoms with Crippen molar-refractivity contribution in [3.63, 3.8) is 0 Å². The van der Waals surface area contributed by atoms with Crippen LogP contribution in [-0.2, 0) is 0 Å². The molecule has 11 aromatic carbocycles. The first-order valence-electron chi connectivity index (χ1n) is 22.6. The number of rotatable bonds is 5. The van der Waals surface area contributed by atoms with Gasteiger partial charge in [0, 0.05) is 12.1 Å². The number of allylic oxidation sites excluding steroid dienone is 1. The van der Waals surface area contributed by atoms with Gasteiger partial charge in [-0.25, -0.2) is 0 Å². The van der Waals surface area contributed by atoms with E-state index >= 15 is 0 Å². The molecule has 1 heterocycles. The van der Waals surface area contributed by atoms with Crippen molar-refractivity contribution in [3.8, 4) is 39.1 Å². The van der Waals surface area contributed by atoms with Crippen LogP contribution in [0.2, 0.25) is 0 Å². The second-order valence-corrected chi connectivity index (χ2v) is 17.2. The predicted octanol–water partition coefficient (Wildman–Crippen LogP) is 10.8. The molecule has 1 aliphatic rings. The first kappa shape index (κ1) is 46.7. The Morgan fingerprint density at radius 3 is 1.54 bits per heavy atom. The van der Waals surface area contributed by atoms with Crippen molar-refractivity contribution in [1.82, 2.24) is 4.98 Å². The Kier molecular flexibility index (Phi) is 13.6. The van der Waals surface area contributed by atoms with Crippen LogP contribution in [0.15, 0.2) is 243 Å². The van der Waals surface area contributed by atoms with Crippen LogP contribution < -0.4 is 42.8 Å². The maximum absolute atomic E-state index is 11.1. The summed E-state index contributed by atoms with van der Waals surface area (Å²) in [6, 6.07) is 85.1. The van der Waals surface area contributed by atoms with Gasteiger partial charge in [0.15, 0.2) is 0 Å². The van der Waals surface area contributed by atoms with Crippen molar-refractivity contribution in [3.05, 3.63) is 272 Å². The molecule has 13 rings (SSSR count). The fourth-order valence-electron chi connectivity index (χ4n) is 10.2. The van der Waals surface area contributed by atoms with Gasteiger partial charge in [-0.05, 0) is 140 Å². The van der Waals surface area contributed by atoms with Gasteiger partial charge in [-0.2, -0.15) is 0 Å². The minimum absolute atomic E-state index is 0. The monoisotopic (exact) mass is 869 g/mol. The van der Waals surface area contributed by atoms with Crippen LogP contribution in [0.25, 0.3) is 99.0 Å². The predicted molar refractivity (Wildman–Crippen MR) is 283 cm³/mol. The zero-order valence-electron chi connectivity index (χ0n) is 39.1. The van der Waals surface area contributed by atoms with E-state index < -0.39 is 0 Å². The van der Waals surface area contributed by atoms with Gasteiger partial charge in [-0.1, -0.05) is 218 Å². The van der Waals surface area contributed by atoms with Crippen LogP contribution >= 0.6 is 0 Å². The van der Waals surface area contributed by atoms with Crippen LogP contribution in [0.1, 0.15) is 28.2 Å². The van der Waals surface area contributed by atoms with Gasteiger partial charge < -0.3 is 12.5 Å². The Morgan fingerprint density at radius 1 is 0.362 bits per heavy atom. The van der Waals surface area contributed by atoms with Gasteiger partial charge in [-0.15, -0.1) is 0 Å². The molecule has 0 aliphatic heterocycles. The minimum Gasteiger partial charge on any atom is -0.871 e. The Morgan fingerprint density at radius 2 is 0.870 bits per heavy atom. The van der Waals surface area contributed by atoms with Crippen LogP contribution in [0.4, 0.5) is 0 Å². The van der Waals surface area contributed by atoms with Gasteiger partial charge in [0.05, 0.1) is 5.52 Å². The Labute approximate surface area is 428 Å². The van der Waals surface area contributed by atoms with E-state index in [-0.39, 0.29) is 56.8 Å². The summed E-state index contributed by atoms with van der Waals surface area (Å²) in [6.45, 7) is 0. The third-order valence-corrected chi connectivity index (χ3v) is 13.3. The third-order valence-electron chi connectivity index (χ3n) is 13.3. The summed E-state index contributed by atoms with van der Waals surface area (Å²) in [6.07, 6.45) is 4.01. The van der Waals surface area contributed by atoms with Crippen molar-refractivity contribution in [2.24, 2.45) is 0 Å². The fourth-order valence-corrected chi connectivity index (χ4v) is 10.2. The summed E-state index contributed by atoms with van der Waals surface area (Å²) in [7, 11) is 0. The normalized spacial score (nSPS) is 12.6. The molecule has 1 aromatic heterocycles. The molecule has 0 saturated carbocycles. The van der Waals surface area contributed by atoms with E-state index in [4.69, 9.17) is 0 Å². The zero-order valence-corrected chi connectivity index (χ0v) is 39.1. The van der Waals surface area contributed by atoms with Crippen molar-refractivity contribution >= 4 is 65.6 Å². The van der Waals surface area contributed by atoms with E-state index in [1.165, 1.54) is 110 Å². The largest absolute Gasteiger partial charge is 1.00 e. The van der Waals surface area contributed by atoms with E-state index in [9.17, 15) is 5.11 Å². The molecule has 1 atom stereocenters. The topological polar surface area (TPSA) is 36.0 Å². The molecule has 0 radical (unpaired) electrons. The molecule has 0 N–H and O–H groups in total. The average molecular weight is 870 g/mol. The second-order valence-electron chi connectivity index (χ2n) is 17.2. The Balaban J connectivity index is 0.000000373. The first-order valence-corrected chi connectivity index (χ1v) is 22.6. The van der Waals surface area contributed by atoms with Crippen molar-refractivity contribution in [2.45, 2.75) is 5.92 Å². The van der Waals surface area contributed by atoms with Crippen LogP contribution in [0, 0.1) is 7.43 Å². The van der Waals surface area contributed by atoms with Crippen molar-refractivity contribution < 1.29 is 42.8 Å². The SMILES string of the molecule is C1=C(c2ccc(-c3ccc4c(-c5ccc6ccccc6c5)c5ccccc5c(-c5ccc6ccccc6c5)c4c3)cc2)C(c2ccccc2)c2ccccc21.[CH3-].[Li+].[Li+].[O-]c1cccc2cccnc12. The molecule has 1 aliphatic carbocycles. The van der Waals surface area contributed by atoms with E-state index in [2.05, 4.69) is 217 Å². The second kappa shape index (κ2) is 20.1. The summed E-state index contributed by atoms with van der Waals surface area (Å²) >= 11 is 0. The number of fused-ring (bicyclic) bond motifs is 6. The third kappa shape index (κ3) is 8.71. The molecule has 1 unspecified atom stereocenters. The number of nitrogens with zero attached hydrogens (tertiary/aromatic N) is 1. The van der Waals surface area contributed by atoms with Crippen LogP contribution in [0.3, 0.4) is 0 Å². The average Bonchev–Trinajstić information content (AvgIpc) is 3.78. The molecule has 2 nitrogen and oxygen atoms in total. The molecular formula is C65H45Li2NO. The maximum atomic E-state index is 11.1. The summed E-state index contributed by atoms with van der Waals surface area (Å²) < 4.78 is 0. The van der Waals surface area contributed by atoms with Gasteiger partial charge in [0.2, 0.25) is 0 Å². The summed E-state index contributed by atoms with van der Waals surface area (Å²) in [5, 5.41) is 22.1. The first-order chi connectivity index (χ1) is 32.6. The van der Waals surface area contributed by atoms with Gasteiger partial charge in [-0.3, -0.25) is 4.98 Å². The summed E-state index contributed by atoms with van der Waals surface area (Å²) in [4.78, 5) is 3.97. The van der Waals surface area contributed by atoms with Crippen LogP contribution in [0.5, 0.6) is 5.75 Å². The standard InChI is InChI=1S/C55H36.C9H7NO.CH3.2Li/c1-2-14-40(15-3-1)53-47-19-9-8-18-44(47)35-51(53)39-26-22-38(23-27-39)43-30-31-50-52(34-43)55(46-29-25-37-13-5-7-17-42(37)33-46)49-21-11-10-20-48(49)54(50)45-28-24-36-12-4-6-16-41(36)32-45;11-8-5-1-3-7-4-2-6-10-9(7)8;;;/h1-35,53H;1-6,11H;1H3;;/q;;-1;2*+1/p-1. The molecule has 0 saturated heterocycles. The van der Waals surface area contributed by atoms with E-state index in [0.29, 0.717) is 5.52 Å². The Bertz CT molecular complexity index is 3840. The van der Waals surface area contributed by atoms with E-state index in [0.717, 1.165) is 5.39 Å². The number of hydrogen-bond donors (Lipinski definition) is 0. The van der Waals surface area contributed by atoms with Gasteiger partial charge in [0.1, 0.15) is 0 Å². The van der Waals surface area contributed by atoms with E-state index in [1.54, 1.807) is 12.3 Å².